The third-order valence-electron chi connectivity index (χ3n) is 3.13. The summed E-state index contributed by atoms with van der Waals surface area (Å²) in [5, 5.41) is 9.83. The number of carbonyl (C=O) groups is 2. The molecule has 2 rings (SSSR count). The molecule has 0 fully saturated rings. The minimum Gasteiger partial charge on any atom is -0.484 e. The number of hydrogen-bond acceptors (Lipinski definition) is 4. The van der Waals surface area contributed by atoms with Crippen LogP contribution < -0.4 is 21.1 Å². The summed E-state index contributed by atoms with van der Waals surface area (Å²) in [6.07, 6.45) is 1.75. The van der Waals surface area contributed by atoms with Crippen LogP contribution in [0.5, 0.6) is 5.75 Å². The summed E-state index contributed by atoms with van der Waals surface area (Å²) in [7, 11) is 1.80. The van der Waals surface area contributed by atoms with Gasteiger partial charge in [0.05, 0.1) is 11.4 Å². The largest absolute Gasteiger partial charge is 0.484 e. The van der Waals surface area contributed by atoms with Crippen molar-refractivity contribution in [1.82, 2.24) is 9.78 Å². The first-order valence-electron chi connectivity index (χ1n) is 7.48. The van der Waals surface area contributed by atoms with E-state index >= 15 is 0 Å². The predicted octanol–water partition coefficient (Wildman–Crippen LogP) is 2.05. The van der Waals surface area contributed by atoms with Crippen LogP contribution >= 0.6 is 0 Å². The molecule has 0 saturated carbocycles. The maximum Gasteiger partial charge on any atom is 0.323 e. The van der Waals surface area contributed by atoms with Crippen molar-refractivity contribution in [2.75, 3.05) is 17.2 Å². The monoisotopic (exact) mass is 331 g/mol. The smallest absolute Gasteiger partial charge is 0.323 e. The number of carbonyl (C=O) groups excluding carboxylic acids is 2. The fraction of sp³-hybridized carbons (Fsp3) is 0.312. The number of primary amides is 1. The molecule has 0 aliphatic rings. The van der Waals surface area contributed by atoms with Gasteiger partial charge in [-0.3, -0.25) is 9.48 Å². The van der Waals surface area contributed by atoms with Crippen LogP contribution in [0.4, 0.5) is 16.2 Å². The number of nitrogens with zero attached hydrogens (tertiary/aromatic N) is 2. The molecule has 0 radical (unpaired) electrons. The van der Waals surface area contributed by atoms with Gasteiger partial charge in [0.1, 0.15) is 5.75 Å². The second-order valence-electron chi connectivity index (χ2n) is 5.62. The van der Waals surface area contributed by atoms with E-state index in [-0.39, 0.29) is 12.5 Å². The molecule has 8 nitrogen and oxygen atoms in total. The number of anilines is 2. The van der Waals surface area contributed by atoms with Gasteiger partial charge in [-0.2, -0.15) is 5.10 Å². The highest BCUT2D eigenvalue weighted by Gasteiger charge is 2.14. The number of ether oxygens (including phenoxy) is 1. The quantitative estimate of drug-likeness (QED) is 0.752. The third kappa shape index (κ3) is 4.73. The van der Waals surface area contributed by atoms with Crippen LogP contribution in [-0.2, 0) is 11.8 Å². The SMILES string of the molecule is CC(C)c1nn(C)cc1NC(=O)Nc1cccc(OCC(N)=O)c1. The number of rotatable bonds is 6. The molecule has 0 spiro atoms. The molecule has 1 aromatic carbocycles. The van der Waals surface area contributed by atoms with Crippen molar-refractivity contribution >= 4 is 23.3 Å². The number of amides is 3. The zero-order chi connectivity index (χ0) is 17.7. The van der Waals surface area contributed by atoms with Crippen LogP contribution in [0.3, 0.4) is 0 Å². The van der Waals surface area contributed by atoms with Gasteiger partial charge in [-0.15, -0.1) is 0 Å². The van der Waals surface area contributed by atoms with Gasteiger partial charge in [0.15, 0.2) is 6.61 Å². The lowest BCUT2D eigenvalue weighted by molar-refractivity contribution is -0.119. The van der Waals surface area contributed by atoms with E-state index in [2.05, 4.69) is 15.7 Å². The van der Waals surface area contributed by atoms with E-state index in [0.29, 0.717) is 17.1 Å². The molecule has 0 aliphatic heterocycles. The van der Waals surface area contributed by atoms with Crippen LogP contribution in [0.2, 0.25) is 0 Å². The molecule has 4 N–H and O–H groups in total. The summed E-state index contributed by atoms with van der Waals surface area (Å²) in [6, 6.07) is 6.30. The van der Waals surface area contributed by atoms with E-state index in [9.17, 15) is 9.59 Å². The highest BCUT2D eigenvalue weighted by molar-refractivity contribution is 6.00. The summed E-state index contributed by atoms with van der Waals surface area (Å²) in [5.74, 6) is 0.0618. The van der Waals surface area contributed by atoms with E-state index in [4.69, 9.17) is 10.5 Å². The average molecular weight is 331 g/mol. The zero-order valence-corrected chi connectivity index (χ0v) is 13.9. The maximum absolute atomic E-state index is 12.2. The molecule has 0 bridgehead atoms. The first-order valence-corrected chi connectivity index (χ1v) is 7.48. The Morgan fingerprint density at radius 1 is 1.33 bits per heavy atom. The fourth-order valence-electron chi connectivity index (χ4n) is 2.13. The maximum atomic E-state index is 12.2. The van der Waals surface area contributed by atoms with Gasteiger partial charge in [0, 0.05) is 25.0 Å². The van der Waals surface area contributed by atoms with Crippen molar-refractivity contribution in [1.29, 1.82) is 0 Å². The molecule has 128 valence electrons. The number of benzene rings is 1. The van der Waals surface area contributed by atoms with Crippen molar-refractivity contribution in [3.63, 3.8) is 0 Å². The number of hydrogen-bond donors (Lipinski definition) is 3. The second-order valence-corrected chi connectivity index (χ2v) is 5.62. The number of urea groups is 1. The molecule has 0 saturated heterocycles. The Kier molecular flexibility index (Phi) is 5.41. The van der Waals surface area contributed by atoms with Gasteiger partial charge in [-0.1, -0.05) is 19.9 Å². The summed E-state index contributed by atoms with van der Waals surface area (Å²) < 4.78 is 6.86. The Bertz CT molecular complexity index is 739. The second kappa shape index (κ2) is 7.49. The molecule has 0 atom stereocenters. The van der Waals surface area contributed by atoms with Gasteiger partial charge < -0.3 is 21.1 Å². The van der Waals surface area contributed by atoms with Crippen molar-refractivity contribution in [2.45, 2.75) is 19.8 Å². The minimum atomic E-state index is -0.566. The average Bonchev–Trinajstić information content (AvgIpc) is 2.86. The Morgan fingerprint density at radius 2 is 2.08 bits per heavy atom. The standard InChI is InChI=1S/C16H21N5O3/c1-10(2)15-13(8-21(3)20-15)19-16(23)18-11-5-4-6-12(7-11)24-9-14(17)22/h4-8,10H,9H2,1-3H3,(H2,17,22)(H2,18,19,23). The first-order chi connectivity index (χ1) is 11.3. The van der Waals surface area contributed by atoms with E-state index in [1.165, 1.54) is 0 Å². The number of nitrogens with two attached hydrogens (primary N) is 1. The highest BCUT2D eigenvalue weighted by Crippen LogP contribution is 2.23. The van der Waals surface area contributed by atoms with Gasteiger partial charge in [0.2, 0.25) is 0 Å². The lowest BCUT2D eigenvalue weighted by atomic mass is 10.1. The van der Waals surface area contributed by atoms with Crippen molar-refractivity contribution < 1.29 is 14.3 Å². The fourth-order valence-corrected chi connectivity index (χ4v) is 2.13. The summed E-state index contributed by atoms with van der Waals surface area (Å²) in [5.41, 5.74) is 7.04. The number of aryl methyl sites for hydroxylation is 1. The van der Waals surface area contributed by atoms with Crippen LogP contribution in [0.25, 0.3) is 0 Å². The Balaban J connectivity index is 2.02. The molecule has 0 aliphatic carbocycles. The Morgan fingerprint density at radius 3 is 2.75 bits per heavy atom. The normalized spacial score (nSPS) is 10.5. The number of nitrogens with one attached hydrogen (secondary N) is 2. The lowest BCUT2D eigenvalue weighted by Crippen LogP contribution is -2.21. The molecule has 3 amide bonds. The first kappa shape index (κ1) is 17.3. The summed E-state index contributed by atoms with van der Waals surface area (Å²) >= 11 is 0. The molecule has 8 heteroatoms. The minimum absolute atomic E-state index is 0.187. The molecule has 0 unspecified atom stereocenters. The lowest BCUT2D eigenvalue weighted by Gasteiger charge is -2.10. The molecule has 1 aromatic heterocycles. The zero-order valence-electron chi connectivity index (χ0n) is 13.9. The van der Waals surface area contributed by atoms with E-state index in [0.717, 1.165) is 5.69 Å². The van der Waals surface area contributed by atoms with E-state index in [1.807, 2.05) is 13.8 Å². The Labute approximate surface area is 140 Å². The van der Waals surface area contributed by atoms with Crippen molar-refractivity contribution in [3.8, 4) is 5.75 Å². The van der Waals surface area contributed by atoms with Gasteiger partial charge in [-0.25, -0.2) is 4.79 Å². The topological polar surface area (TPSA) is 111 Å². The van der Waals surface area contributed by atoms with E-state index in [1.54, 1.807) is 42.2 Å². The Hall–Kier alpha value is -3.03. The summed E-state index contributed by atoms with van der Waals surface area (Å²) in [6.45, 7) is 3.79. The van der Waals surface area contributed by atoms with Crippen LogP contribution in [0.15, 0.2) is 30.5 Å². The van der Waals surface area contributed by atoms with Gasteiger partial charge in [-0.05, 0) is 18.1 Å². The number of aromatic nitrogens is 2. The van der Waals surface area contributed by atoms with Crippen LogP contribution in [0.1, 0.15) is 25.5 Å². The van der Waals surface area contributed by atoms with Crippen molar-refractivity contribution in [3.05, 3.63) is 36.2 Å². The van der Waals surface area contributed by atoms with Crippen LogP contribution in [0, 0.1) is 0 Å². The predicted molar refractivity (Wildman–Crippen MR) is 91.1 cm³/mol. The molecule has 2 aromatic rings. The van der Waals surface area contributed by atoms with Gasteiger partial charge >= 0.3 is 6.03 Å². The molecular weight excluding hydrogens is 310 g/mol. The third-order valence-corrected chi connectivity index (χ3v) is 3.13. The summed E-state index contributed by atoms with van der Waals surface area (Å²) in [4.78, 5) is 22.9. The molecule has 24 heavy (non-hydrogen) atoms. The molecule has 1 heterocycles. The van der Waals surface area contributed by atoms with Gasteiger partial charge in [0.25, 0.3) is 5.91 Å². The molecular formula is C16H21N5O3. The van der Waals surface area contributed by atoms with Crippen molar-refractivity contribution in [2.24, 2.45) is 12.8 Å². The van der Waals surface area contributed by atoms with E-state index < -0.39 is 11.9 Å². The highest BCUT2D eigenvalue weighted by atomic mass is 16.5. The van der Waals surface area contributed by atoms with Crippen LogP contribution in [-0.4, -0.2) is 28.3 Å².